The van der Waals surface area contributed by atoms with Crippen LogP contribution >= 0.6 is 0 Å². The molecule has 1 N–H and O–H groups in total. The monoisotopic (exact) mass is 410 g/mol. The van der Waals surface area contributed by atoms with E-state index >= 15 is 0 Å². The van der Waals surface area contributed by atoms with Crippen molar-refractivity contribution in [2.45, 2.75) is 31.5 Å². The van der Waals surface area contributed by atoms with Crippen molar-refractivity contribution in [3.63, 3.8) is 0 Å². The number of amides is 1. The van der Waals surface area contributed by atoms with Crippen LogP contribution < -0.4 is 0 Å². The van der Waals surface area contributed by atoms with Gasteiger partial charge in [-0.25, -0.2) is 4.79 Å². The molecule has 0 saturated carbocycles. The molecule has 1 aromatic rings. The van der Waals surface area contributed by atoms with Crippen LogP contribution in [0.25, 0.3) is 0 Å². The molecule has 2 rings (SSSR count). The Labute approximate surface area is 166 Å². The largest absolute Gasteiger partial charge is 0.478 e. The van der Waals surface area contributed by atoms with E-state index in [1.54, 1.807) is 13.0 Å². The number of carbonyl (C=O) groups is 2. The zero-order valence-corrected chi connectivity index (χ0v) is 15.8. The zero-order chi connectivity index (χ0) is 21.7. The lowest BCUT2D eigenvalue weighted by Gasteiger charge is -2.40. The molecule has 1 unspecified atom stereocenters. The molecule has 1 amide bonds. The van der Waals surface area contributed by atoms with Crippen molar-refractivity contribution in [1.29, 1.82) is 0 Å². The number of allylic oxidation sites excluding steroid dienone is 4. The zero-order valence-electron chi connectivity index (χ0n) is 15.8. The number of ether oxygens (including phenoxy) is 1. The van der Waals surface area contributed by atoms with Gasteiger partial charge in [0.25, 0.3) is 5.91 Å². The van der Waals surface area contributed by atoms with Crippen LogP contribution in [0.1, 0.15) is 35.7 Å². The molecule has 9 heteroatoms. The van der Waals surface area contributed by atoms with E-state index in [-0.39, 0.29) is 25.1 Å². The molecule has 1 aliphatic rings. The normalized spacial score (nSPS) is 20.6. The molecule has 6 nitrogen and oxygen atoms in total. The maximum Gasteiger partial charge on any atom is 0.417 e. The summed E-state index contributed by atoms with van der Waals surface area (Å²) in [6.07, 6.45) is 3.45. The van der Waals surface area contributed by atoms with Crippen molar-refractivity contribution in [1.82, 2.24) is 9.88 Å². The van der Waals surface area contributed by atoms with Gasteiger partial charge in [0, 0.05) is 25.4 Å². The number of pyridine rings is 1. The number of alkyl halides is 3. The Morgan fingerprint density at radius 2 is 2.14 bits per heavy atom. The highest BCUT2D eigenvalue weighted by Crippen LogP contribution is 2.34. The van der Waals surface area contributed by atoms with E-state index in [1.807, 2.05) is 0 Å². The average molecular weight is 410 g/mol. The van der Waals surface area contributed by atoms with E-state index in [2.05, 4.69) is 11.6 Å². The number of aromatic nitrogens is 1. The van der Waals surface area contributed by atoms with Crippen LogP contribution in [0, 0.1) is 0 Å². The predicted molar refractivity (Wildman–Crippen MR) is 98.9 cm³/mol. The molecule has 2 heterocycles. The van der Waals surface area contributed by atoms with Gasteiger partial charge in [-0.15, -0.1) is 0 Å². The van der Waals surface area contributed by atoms with Gasteiger partial charge in [0.05, 0.1) is 17.7 Å². The number of carboxylic acid groups (broad SMARTS) is 1. The van der Waals surface area contributed by atoms with E-state index < -0.39 is 41.3 Å². The minimum absolute atomic E-state index is 0.0946. The molecule has 1 atom stereocenters. The van der Waals surface area contributed by atoms with E-state index in [4.69, 9.17) is 4.74 Å². The Morgan fingerprint density at radius 3 is 2.72 bits per heavy atom. The molecule has 0 radical (unpaired) electrons. The van der Waals surface area contributed by atoms with Crippen LogP contribution in [-0.2, 0) is 15.7 Å². The van der Waals surface area contributed by atoms with Crippen molar-refractivity contribution in [3.05, 3.63) is 66.2 Å². The van der Waals surface area contributed by atoms with Gasteiger partial charge >= 0.3 is 12.1 Å². The number of nitrogens with zero attached hydrogens (tertiary/aromatic N) is 2. The molecule has 29 heavy (non-hydrogen) atoms. The van der Waals surface area contributed by atoms with Gasteiger partial charge < -0.3 is 14.7 Å². The molecule has 1 fully saturated rings. The third-order valence-corrected chi connectivity index (χ3v) is 4.42. The van der Waals surface area contributed by atoms with Crippen LogP contribution in [0.3, 0.4) is 0 Å². The first-order chi connectivity index (χ1) is 13.6. The smallest absolute Gasteiger partial charge is 0.417 e. The van der Waals surface area contributed by atoms with Crippen LogP contribution in [0.5, 0.6) is 0 Å². The molecule has 0 spiro atoms. The Hall–Kier alpha value is -3.10. The number of halogens is 3. The Morgan fingerprint density at radius 1 is 1.41 bits per heavy atom. The first-order valence-corrected chi connectivity index (χ1v) is 8.83. The second-order valence-electron chi connectivity index (χ2n) is 6.46. The summed E-state index contributed by atoms with van der Waals surface area (Å²) in [4.78, 5) is 29.5. The van der Waals surface area contributed by atoms with Crippen LogP contribution in [0.4, 0.5) is 13.2 Å². The number of aliphatic carboxylic acids is 1. The first kappa shape index (κ1) is 22.2. The third kappa shape index (κ3) is 5.04. The minimum atomic E-state index is -4.74. The van der Waals surface area contributed by atoms with Gasteiger partial charge in [0.15, 0.2) is 0 Å². The summed E-state index contributed by atoms with van der Waals surface area (Å²) >= 11 is 0. The maximum absolute atomic E-state index is 13.3. The van der Waals surface area contributed by atoms with Crippen LogP contribution in [0.15, 0.2) is 55.1 Å². The van der Waals surface area contributed by atoms with E-state index in [1.165, 1.54) is 18.2 Å². The highest BCUT2D eigenvalue weighted by molar-refractivity contribution is 5.96. The van der Waals surface area contributed by atoms with Crippen molar-refractivity contribution >= 4 is 11.9 Å². The van der Waals surface area contributed by atoms with Gasteiger partial charge in [-0.3, -0.25) is 9.78 Å². The molecule has 156 valence electrons. The summed E-state index contributed by atoms with van der Waals surface area (Å²) in [5.41, 5.74) is -3.54. The number of hydrogen-bond donors (Lipinski definition) is 1. The fraction of sp³-hybridized carbons (Fsp3) is 0.350. The molecular formula is C20H21F3N2O4. The van der Waals surface area contributed by atoms with Crippen LogP contribution in [0.2, 0.25) is 0 Å². The number of carbonyl (C=O) groups excluding carboxylic acids is 1. The topological polar surface area (TPSA) is 79.7 Å². The van der Waals surface area contributed by atoms with Gasteiger partial charge in [0.2, 0.25) is 5.60 Å². The summed E-state index contributed by atoms with van der Waals surface area (Å²) in [6, 6.07) is 0.717. The molecule has 1 aliphatic heterocycles. The summed E-state index contributed by atoms with van der Waals surface area (Å²) in [6.45, 7) is 4.96. The molecule has 0 aliphatic carbocycles. The summed E-state index contributed by atoms with van der Waals surface area (Å²) in [5.74, 6) is -2.03. The fourth-order valence-electron chi connectivity index (χ4n) is 3.11. The Balaban J connectivity index is 2.37. The second kappa shape index (κ2) is 8.93. The molecular weight excluding hydrogens is 389 g/mol. The minimum Gasteiger partial charge on any atom is -0.478 e. The Bertz CT molecular complexity index is 848. The first-order valence-electron chi connectivity index (χ1n) is 8.83. The van der Waals surface area contributed by atoms with Crippen molar-refractivity contribution in [3.8, 4) is 0 Å². The number of carboxylic acids is 1. The summed E-state index contributed by atoms with van der Waals surface area (Å²) in [7, 11) is 0. The number of piperidine rings is 1. The third-order valence-electron chi connectivity index (χ3n) is 4.42. The van der Waals surface area contributed by atoms with Gasteiger partial charge in [-0.2, -0.15) is 13.2 Å². The second-order valence-corrected chi connectivity index (χ2v) is 6.46. The van der Waals surface area contributed by atoms with Crippen molar-refractivity contribution in [2.75, 3.05) is 13.1 Å². The lowest BCUT2D eigenvalue weighted by atomic mass is 9.91. The molecule has 0 bridgehead atoms. The molecule has 0 aromatic carbocycles. The van der Waals surface area contributed by atoms with Gasteiger partial charge in [-0.05, 0) is 31.6 Å². The summed E-state index contributed by atoms with van der Waals surface area (Å²) in [5, 5.41) is 9.80. The highest BCUT2D eigenvalue weighted by atomic mass is 19.4. The number of hydrogen-bond acceptors (Lipinski definition) is 4. The number of rotatable bonds is 6. The maximum atomic E-state index is 13.3. The standard InChI is InChI=1S/C20H21F3N2O4/c1-3-6-14(7-4-2)29-19(18(27)28)9-5-11-25(13-19)17(26)15-12-24-10-8-16(15)20(21,22)23/h3-4,6-8,10,12H,1,5,9,11,13H2,2H3,(H,27,28)/b7-4-,14-6+. The SMILES string of the molecule is C=C/C=C(\C=C/C)OC1(C(=O)O)CCCN(C(=O)c2cnccc2C(F)(F)F)C1. The average Bonchev–Trinajstić information content (AvgIpc) is 2.67. The van der Waals surface area contributed by atoms with Crippen LogP contribution in [-0.4, -0.2) is 45.6 Å². The van der Waals surface area contributed by atoms with E-state index in [0.717, 1.165) is 23.4 Å². The lowest BCUT2D eigenvalue weighted by molar-refractivity contribution is -0.165. The van der Waals surface area contributed by atoms with E-state index in [9.17, 15) is 27.9 Å². The fourth-order valence-corrected chi connectivity index (χ4v) is 3.11. The quantitative estimate of drug-likeness (QED) is 0.570. The highest BCUT2D eigenvalue weighted by Gasteiger charge is 2.47. The van der Waals surface area contributed by atoms with Crippen molar-refractivity contribution < 1.29 is 32.6 Å². The van der Waals surface area contributed by atoms with Gasteiger partial charge in [-0.1, -0.05) is 18.7 Å². The van der Waals surface area contributed by atoms with Gasteiger partial charge in [0.1, 0.15) is 5.76 Å². The molecule has 1 aromatic heterocycles. The van der Waals surface area contributed by atoms with E-state index in [0.29, 0.717) is 0 Å². The lowest BCUT2D eigenvalue weighted by Crippen LogP contribution is -2.56. The summed E-state index contributed by atoms with van der Waals surface area (Å²) < 4.78 is 45.5. The Kier molecular flexibility index (Phi) is 6.84. The number of likely N-dealkylation sites (tertiary alicyclic amines) is 1. The predicted octanol–water partition coefficient (Wildman–Crippen LogP) is 3.82. The molecule has 1 saturated heterocycles. The van der Waals surface area contributed by atoms with Crippen molar-refractivity contribution in [2.24, 2.45) is 0 Å².